The number of carbonyl (C=O) groups excluding carboxylic acids is 1. The molecule has 0 aliphatic carbocycles. The van der Waals surface area contributed by atoms with Gasteiger partial charge in [-0.25, -0.2) is 4.39 Å². The van der Waals surface area contributed by atoms with Crippen molar-refractivity contribution in [1.29, 1.82) is 0 Å². The van der Waals surface area contributed by atoms with Crippen LogP contribution in [0.1, 0.15) is 27.3 Å². The number of aryl methyl sites for hydroxylation is 2. The van der Waals surface area contributed by atoms with Crippen molar-refractivity contribution in [3.8, 4) is 0 Å². The first kappa shape index (κ1) is 13.7. The van der Waals surface area contributed by atoms with E-state index in [4.69, 9.17) is 11.6 Å². The molecule has 0 fully saturated rings. The fourth-order valence-corrected chi connectivity index (χ4v) is 2.07. The lowest BCUT2D eigenvalue weighted by atomic mass is 10.0. The highest BCUT2D eigenvalue weighted by atomic mass is 35.5. The van der Waals surface area contributed by atoms with Crippen LogP contribution >= 0.6 is 11.6 Å². The van der Waals surface area contributed by atoms with E-state index in [1.807, 2.05) is 6.92 Å². The van der Waals surface area contributed by atoms with Gasteiger partial charge < -0.3 is 0 Å². The summed E-state index contributed by atoms with van der Waals surface area (Å²) in [7, 11) is 0. The Labute approximate surface area is 116 Å². The van der Waals surface area contributed by atoms with Crippen LogP contribution in [0.2, 0.25) is 5.02 Å². The molecule has 0 unspecified atom stereocenters. The molecule has 1 heterocycles. The van der Waals surface area contributed by atoms with Crippen LogP contribution in [0.25, 0.3) is 0 Å². The number of ketones is 1. The maximum atomic E-state index is 13.6. The van der Waals surface area contributed by atoms with Crippen molar-refractivity contribution in [2.45, 2.75) is 20.3 Å². The number of hydrogen-bond donors (Lipinski definition) is 0. The highest BCUT2D eigenvalue weighted by Crippen LogP contribution is 2.17. The molecule has 19 heavy (non-hydrogen) atoms. The van der Waals surface area contributed by atoms with E-state index in [1.54, 1.807) is 25.1 Å². The first-order valence-corrected chi connectivity index (χ1v) is 6.26. The summed E-state index contributed by atoms with van der Waals surface area (Å²) >= 11 is 5.68. The topological polar surface area (TPSA) is 30.0 Å². The lowest BCUT2D eigenvalue weighted by molar-refractivity contribution is 0.0991. The first-order valence-electron chi connectivity index (χ1n) is 5.89. The van der Waals surface area contributed by atoms with Gasteiger partial charge in [0.2, 0.25) is 0 Å². The maximum Gasteiger partial charge on any atom is 0.169 e. The van der Waals surface area contributed by atoms with E-state index in [-0.39, 0.29) is 12.2 Å². The second-order valence-electron chi connectivity index (χ2n) is 4.42. The number of nitrogens with zero attached hydrogens (tertiary/aromatic N) is 1. The Bertz CT molecular complexity index is 640. The predicted octanol–water partition coefficient (Wildman–Crippen LogP) is 3.92. The van der Waals surface area contributed by atoms with Gasteiger partial charge in [-0.2, -0.15) is 0 Å². The van der Waals surface area contributed by atoms with Crippen LogP contribution in [0.4, 0.5) is 4.39 Å². The summed E-state index contributed by atoms with van der Waals surface area (Å²) in [5.74, 6) is -0.607. The highest BCUT2D eigenvalue weighted by molar-refractivity contribution is 6.30. The Hall–Kier alpha value is -1.74. The Balaban J connectivity index is 2.25. The fraction of sp³-hybridized carbons (Fsp3) is 0.200. The molecule has 0 aliphatic heterocycles. The molecule has 0 atom stereocenters. The molecular weight excluding hydrogens is 265 g/mol. The van der Waals surface area contributed by atoms with Crippen LogP contribution in [-0.2, 0) is 6.42 Å². The van der Waals surface area contributed by atoms with E-state index >= 15 is 0 Å². The molecule has 0 aliphatic rings. The van der Waals surface area contributed by atoms with E-state index < -0.39 is 5.82 Å². The molecule has 0 N–H and O–H groups in total. The number of Topliss-reactive ketones (excluding diaryl/α,β-unsaturated/α-hetero) is 1. The number of aromatic nitrogens is 1. The summed E-state index contributed by atoms with van der Waals surface area (Å²) < 4.78 is 13.6. The lowest BCUT2D eigenvalue weighted by Gasteiger charge is -2.06. The molecule has 98 valence electrons. The Morgan fingerprint density at radius 2 is 2.00 bits per heavy atom. The SMILES string of the molecule is Cc1ccc(C(=O)Cc2ccc(Cl)cc2F)c(C)n1. The number of benzene rings is 1. The number of halogens is 2. The monoisotopic (exact) mass is 277 g/mol. The standard InChI is InChI=1S/C15H13ClFNO/c1-9-3-6-13(10(2)18-9)15(19)7-11-4-5-12(16)8-14(11)17/h3-6,8H,7H2,1-2H3. The molecule has 1 aromatic carbocycles. The van der Waals surface area contributed by atoms with E-state index in [2.05, 4.69) is 4.98 Å². The molecule has 1 aromatic heterocycles. The summed E-state index contributed by atoms with van der Waals surface area (Å²) in [6.07, 6.45) is 0.00852. The average Bonchev–Trinajstić information content (AvgIpc) is 2.32. The van der Waals surface area contributed by atoms with Gasteiger partial charge >= 0.3 is 0 Å². The minimum atomic E-state index is -0.460. The molecule has 0 spiro atoms. The summed E-state index contributed by atoms with van der Waals surface area (Å²) in [6.45, 7) is 3.64. The third kappa shape index (κ3) is 3.18. The maximum absolute atomic E-state index is 13.6. The number of pyridine rings is 1. The summed E-state index contributed by atoms with van der Waals surface area (Å²) in [4.78, 5) is 16.4. The van der Waals surface area contributed by atoms with Gasteiger partial charge in [-0.05, 0) is 43.7 Å². The molecule has 0 amide bonds. The zero-order valence-electron chi connectivity index (χ0n) is 10.7. The average molecular weight is 278 g/mol. The third-order valence-electron chi connectivity index (χ3n) is 2.89. The zero-order valence-corrected chi connectivity index (χ0v) is 11.5. The number of hydrogen-bond acceptors (Lipinski definition) is 2. The Morgan fingerprint density at radius 3 is 2.63 bits per heavy atom. The van der Waals surface area contributed by atoms with Crippen molar-refractivity contribution in [1.82, 2.24) is 4.98 Å². The van der Waals surface area contributed by atoms with E-state index in [0.717, 1.165) is 5.69 Å². The minimum absolute atomic E-state index is 0.00852. The zero-order chi connectivity index (χ0) is 14.0. The normalized spacial score (nSPS) is 10.5. The molecule has 2 aromatic rings. The smallest absolute Gasteiger partial charge is 0.169 e. The van der Waals surface area contributed by atoms with Crippen LogP contribution in [0.15, 0.2) is 30.3 Å². The van der Waals surface area contributed by atoms with Crippen molar-refractivity contribution in [3.63, 3.8) is 0 Å². The molecule has 0 saturated heterocycles. The summed E-state index contributed by atoms with van der Waals surface area (Å²) in [6, 6.07) is 7.83. The van der Waals surface area contributed by atoms with Crippen molar-refractivity contribution in [2.24, 2.45) is 0 Å². The van der Waals surface area contributed by atoms with Crippen LogP contribution in [0.3, 0.4) is 0 Å². The first-order chi connectivity index (χ1) is 8.97. The van der Waals surface area contributed by atoms with Crippen molar-refractivity contribution in [2.75, 3.05) is 0 Å². The van der Waals surface area contributed by atoms with Gasteiger partial charge in [0.15, 0.2) is 5.78 Å². The Morgan fingerprint density at radius 1 is 1.26 bits per heavy atom. The molecule has 2 nitrogen and oxygen atoms in total. The van der Waals surface area contributed by atoms with Crippen LogP contribution in [0, 0.1) is 19.7 Å². The number of rotatable bonds is 3. The highest BCUT2D eigenvalue weighted by Gasteiger charge is 2.13. The molecule has 4 heteroatoms. The van der Waals surface area contributed by atoms with Crippen LogP contribution < -0.4 is 0 Å². The predicted molar refractivity (Wildman–Crippen MR) is 73.2 cm³/mol. The molecular formula is C15H13ClFNO. The largest absolute Gasteiger partial charge is 0.294 e. The lowest BCUT2D eigenvalue weighted by Crippen LogP contribution is -2.08. The molecule has 0 radical (unpaired) electrons. The van der Waals surface area contributed by atoms with Crippen LogP contribution in [-0.4, -0.2) is 10.8 Å². The van der Waals surface area contributed by atoms with E-state index in [0.29, 0.717) is 21.8 Å². The van der Waals surface area contributed by atoms with Crippen molar-refractivity contribution in [3.05, 3.63) is 63.7 Å². The van der Waals surface area contributed by atoms with Gasteiger partial charge in [0, 0.05) is 28.4 Å². The van der Waals surface area contributed by atoms with E-state index in [9.17, 15) is 9.18 Å². The second-order valence-corrected chi connectivity index (χ2v) is 4.86. The Kier molecular flexibility index (Phi) is 3.96. The van der Waals surface area contributed by atoms with Gasteiger partial charge in [0.25, 0.3) is 0 Å². The third-order valence-corrected chi connectivity index (χ3v) is 3.13. The van der Waals surface area contributed by atoms with Gasteiger partial charge in [0.1, 0.15) is 5.82 Å². The fourth-order valence-electron chi connectivity index (χ4n) is 1.91. The van der Waals surface area contributed by atoms with Gasteiger partial charge in [0.05, 0.1) is 0 Å². The van der Waals surface area contributed by atoms with E-state index in [1.165, 1.54) is 12.1 Å². The van der Waals surface area contributed by atoms with Gasteiger partial charge in [-0.3, -0.25) is 9.78 Å². The minimum Gasteiger partial charge on any atom is -0.294 e. The quantitative estimate of drug-likeness (QED) is 0.796. The van der Waals surface area contributed by atoms with Gasteiger partial charge in [-0.1, -0.05) is 17.7 Å². The second kappa shape index (κ2) is 5.49. The molecule has 0 saturated carbocycles. The summed E-state index contributed by atoms with van der Waals surface area (Å²) in [5, 5.41) is 0.321. The molecule has 0 bridgehead atoms. The molecule has 2 rings (SSSR count). The van der Waals surface area contributed by atoms with Crippen LogP contribution in [0.5, 0.6) is 0 Å². The van der Waals surface area contributed by atoms with Gasteiger partial charge in [-0.15, -0.1) is 0 Å². The number of carbonyl (C=O) groups is 1. The van der Waals surface area contributed by atoms with Crippen molar-refractivity contribution >= 4 is 17.4 Å². The summed E-state index contributed by atoms with van der Waals surface area (Å²) in [5.41, 5.74) is 2.39. The van der Waals surface area contributed by atoms with Crippen molar-refractivity contribution < 1.29 is 9.18 Å².